The van der Waals surface area contributed by atoms with Crippen LogP contribution in [0.1, 0.15) is 16.1 Å². The highest BCUT2D eigenvalue weighted by atomic mass is 32.2. The third-order valence-corrected chi connectivity index (χ3v) is 6.73. The van der Waals surface area contributed by atoms with Crippen LogP contribution in [0.2, 0.25) is 0 Å². The number of pyridine rings is 2. The standard InChI is InChI=1S/C20H16N4O5S2/c1-12-15(19(26)29-2)11-16-17(22-12)7-9-24(18(16)25)13-3-5-14(6-4-13)31(27,28)23-20-21-8-10-30-20/h3-11H,1-2H3,(H,21,23). The van der Waals surface area contributed by atoms with Crippen LogP contribution in [0, 0.1) is 6.92 Å². The Labute approximate surface area is 181 Å². The van der Waals surface area contributed by atoms with Gasteiger partial charge >= 0.3 is 5.97 Å². The summed E-state index contributed by atoms with van der Waals surface area (Å²) in [6.45, 7) is 1.66. The number of anilines is 1. The van der Waals surface area contributed by atoms with Crippen LogP contribution in [0.25, 0.3) is 16.6 Å². The minimum atomic E-state index is -3.80. The van der Waals surface area contributed by atoms with Crippen LogP contribution in [0.5, 0.6) is 0 Å². The highest BCUT2D eigenvalue weighted by molar-refractivity contribution is 7.93. The van der Waals surface area contributed by atoms with Crippen molar-refractivity contribution in [3.63, 3.8) is 0 Å². The van der Waals surface area contributed by atoms with Gasteiger partial charge < -0.3 is 4.74 Å². The van der Waals surface area contributed by atoms with Gasteiger partial charge in [-0.3, -0.25) is 19.1 Å². The Morgan fingerprint density at radius 3 is 2.58 bits per heavy atom. The first-order chi connectivity index (χ1) is 14.8. The number of ether oxygens (including phenoxy) is 1. The average molecular weight is 457 g/mol. The molecule has 0 radical (unpaired) electrons. The van der Waals surface area contributed by atoms with Gasteiger partial charge in [0.1, 0.15) is 0 Å². The zero-order chi connectivity index (χ0) is 22.2. The number of aryl methyl sites for hydroxylation is 1. The number of hydrogen-bond acceptors (Lipinski definition) is 8. The molecule has 0 spiro atoms. The van der Waals surface area contributed by atoms with Crippen molar-refractivity contribution >= 4 is 43.4 Å². The number of nitrogens with zero attached hydrogens (tertiary/aromatic N) is 3. The monoisotopic (exact) mass is 456 g/mol. The molecule has 0 aliphatic rings. The van der Waals surface area contributed by atoms with Gasteiger partial charge in [-0.05, 0) is 43.3 Å². The van der Waals surface area contributed by atoms with Crippen LogP contribution in [0.3, 0.4) is 0 Å². The second-order valence-corrected chi connectivity index (χ2v) is 9.05. The fraction of sp³-hybridized carbons (Fsp3) is 0.100. The SMILES string of the molecule is COC(=O)c1cc2c(=O)n(-c3ccc(S(=O)(=O)Nc4nccs4)cc3)ccc2nc1C. The molecule has 0 bridgehead atoms. The van der Waals surface area contributed by atoms with Gasteiger partial charge in [0, 0.05) is 23.5 Å². The lowest BCUT2D eigenvalue weighted by atomic mass is 10.1. The molecule has 9 nitrogen and oxygen atoms in total. The molecular formula is C20H16N4O5S2. The minimum Gasteiger partial charge on any atom is -0.465 e. The Balaban J connectivity index is 1.73. The molecule has 0 saturated carbocycles. The molecule has 0 unspecified atom stereocenters. The molecule has 31 heavy (non-hydrogen) atoms. The van der Waals surface area contributed by atoms with E-state index < -0.39 is 21.6 Å². The quantitative estimate of drug-likeness (QED) is 0.459. The van der Waals surface area contributed by atoms with Crippen LogP contribution >= 0.6 is 11.3 Å². The third kappa shape index (κ3) is 3.92. The second kappa shape index (κ2) is 7.93. The van der Waals surface area contributed by atoms with Gasteiger partial charge in [0.15, 0.2) is 5.13 Å². The van der Waals surface area contributed by atoms with Crippen LogP contribution in [-0.4, -0.2) is 36.0 Å². The maximum Gasteiger partial charge on any atom is 0.339 e. The molecule has 0 amide bonds. The number of sulfonamides is 1. The highest BCUT2D eigenvalue weighted by Gasteiger charge is 2.17. The summed E-state index contributed by atoms with van der Waals surface area (Å²) in [5.74, 6) is -0.580. The lowest BCUT2D eigenvalue weighted by Gasteiger charge is -2.10. The number of rotatable bonds is 5. The number of carbonyl (C=O) groups is 1. The van der Waals surface area contributed by atoms with Gasteiger partial charge in [0.25, 0.3) is 15.6 Å². The van der Waals surface area contributed by atoms with Crippen LogP contribution in [-0.2, 0) is 14.8 Å². The van der Waals surface area contributed by atoms with Crippen LogP contribution in [0.4, 0.5) is 5.13 Å². The molecule has 1 N–H and O–H groups in total. The number of carbonyl (C=O) groups excluding carboxylic acids is 1. The summed E-state index contributed by atoms with van der Waals surface area (Å²) in [6, 6.07) is 8.95. The number of benzene rings is 1. The summed E-state index contributed by atoms with van der Waals surface area (Å²) >= 11 is 1.17. The normalized spacial score (nSPS) is 11.4. The molecule has 4 aromatic rings. The van der Waals surface area contributed by atoms with Gasteiger partial charge in [0.2, 0.25) is 0 Å². The van der Waals surface area contributed by atoms with E-state index in [9.17, 15) is 18.0 Å². The molecule has 11 heteroatoms. The topological polar surface area (TPSA) is 120 Å². The first-order valence-corrected chi connectivity index (χ1v) is 11.3. The molecule has 0 aliphatic heterocycles. The highest BCUT2D eigenvalue weighted by Crippen LogP contribution is 2.20. The average Bonchev–Trinajstić information content (AvgIpc) is 3.25. The summed E-state index contributed by atoms with van der Waals surface area (Å²) in [7, 11) is -2.54. The van der Waals surface area contributed by atoms with Crippen molar-refractivity contribution in [2.45, 2.75) is 11.8 Å². The van der Waals surface area contributed by atoms with E-state index in [1.165, 1.54) is 59.5 Å². The van der Waals surface area contributed by atoms with Crippen molar-refractivity contribution < 1.29 is 17.9 Å². The summed E-state index contributed by atoms with van der Waals surface area (Å²) in [5, 5.41) is 2.17. The third-order valence-electron chi connectivity index (χ3n) is 4.56. The smallest absolute Gasteiger partial charge is 0.339 e. The van der Waals surface area contributed by atoms with Gasteiger partial charge in [-0.25, -0.2) is 18.2 Å². The molecular weight excluding hydrogens is 440 g/mol. The van der Waals surface area contributed by atoms with E-state index in [0.717, 1.165) is 0 Å². The van der Waals surface area contributed by atoms with E-state index >= 15 is 0 Å². The second-order valence-electron chi connectivity index (χ2n) is 6.47. The van der Waals surface area contributed by atoms with Crippen molar-refractivity contribution in [2.75, 3.05) is 11.8 Å². The molecule has 0 atom stereocenters. The minimum absolute atomic E-state index is 0.0329. The Hall–Kier alpha value is -3.57. The maximum absolute atomic E-state index is 13.0. The fourth-order valence-electron chi connectivity index (χ4n) is 3.02. The first kappa shape index (κ1) is 20.7. The fourth-order valence-corrected chi connectivity index (χ4v) is 4.81. The predicted molar refractivity (Wildman–Crippen MR) is 116 cm³/mol. The molecule has 0 aliphatic carbocycles. The van der Waals surface area contributed by atoms with Gasteiger partial charge in [-0.15, -0.1) is 11.3 Å². The largest absolute Gasteiger partial charge is 0.465 e. The van der Waals surface area contributed by atoms with Gasteiger partial charge in [-0.1, -0.05) is 0 Å². The van der Waals surface area contributed by atoms with Crippen LogP contribution in [0.15, 0.2) is 63.9 Å². The maximum atomic E-state index is 13.0. The molecule has 3 heterocycles. The summed E-state index contributed by atoms with van der Waals surface area (Å²) in [6.07, 6.45) is 3.05. The number of thiazole rings is 1. The van der Waals surface area contributed by atoms with Crippen molar-refractivity contribution in [1.29, 1.82) is 0 Å². The first-order valence-electron chi connectivity index (χ1n) is 8.94. The lowest BCUT2D eigenvalue weighted by Crippen LogP contribution is -2.19. The molecule has 0 fully saturated rings. The zero-order valence-corrected chi connectivity index (χ0v) is 18.0. The van der Waals surface area contributed by atoms with Crippen molar-refractivity contribution in [3.05, 3.63) is 75.8 Å². The van der Waals surface area contributed by atoms with E-state index in [1.54, 1.807) is 24.6 Å². The lowest BCUT2D eigenvalue weighted by molar-refractivity contribution is 0.0599. The molecule has 0 saturated heterocycles. The van der Waals surface area contributed by atoms with E-state index in [2.05, 4.69) is 14.7 Å². The molecule has 1 aromatic carbocycles. The van der Waals surface area contributed by atoms with E-state index in [4.69, 9.17) is 4.74 Å². The molecule has 4 rings (SSSR count). The van der Waals surface area contributed by atoms with E-state index in [-0.39, 0.29) is 21.0 Å². The number of nitrogens with one attached hydrogen (secondary N) is 1. The Bertz CT molecular complexity index is 1440. The summed E-state index contributed by atoms with van der Waals surface area (Å²) in [5.41, 5.74) is 1.17. The van der Waals surface area contributed by atoms with Gasteiger partial charge in [0.05, 0.1) is 34.2 Å². The molecule has 158 valence electrons. The Morgan fingerprint density at radius 1 is 1.19 bits per heavy atom. The van der Waals surface area contributed by atoms with Crippen molar-refractivity contribution in [1.82, 2.24) is 14.5 Å². The Morgan fingerprint density at radius 2 is 1.94 bits per heavy atom. The van der Waals surface area contributed by atoms with Crippen molar-refractivity contribution in [2.24, 2.45) is 0 Å². The number of methoxy groups -OCH3 is 1. The summed E-state index contributed by atoms with van der Waals surface area (Å²) in [4.78, 5) is 33.2. The zero-order valence-electron chi connectivity index (χ0n) is 16.4. The number of fused-ring (bicyclic) bond motifs is 1. The number of aromatic nitrogens is 3. The number of esters is 1. The van der Waals surface area contributed by atoms with E-state index in [1.807, 2.05) is 0 Å². The van der Waals surface area contributed by atoms with Gasteiger partial charge in [-0.2, -0.15) is 0 Å². The van der Waals surface area contributed by atoms with Crippen LogP contribution < -0.4 is 10.3 Å². The molecule has 3 aromatic heterocycles. The number of hydrogen-bond donors (Lipinski definition) is 1. The van der Waals surface area contributed by atoms with Crippen molar-refractivity contribution in [3.8, 4) is 5.69 Å². The predicted octanol–water partition coefficient (Wildman–Crippen LogP) is 2.74. The summed E-state index contributed by atoms with van der Waals surface area (Å²) < 4.78 is 33.5. The van der Waals surface area contributed by atoms with E-state index in [0.29, 0.717) is 16.9 Å². The Kier molecular flexibility index (Phi) is 5.29.